The molecule has 0 fully saturated rings. The molecule has 0 spiro atoms. The van der Waals surface area contributed by atoms with E-state index in [-0.39, 0.29) is 0 Å². The van der Waals surface area contributed by atoms with Crippen molar-refractivity contribution in [1.82, 2.24) is 0 Å². The van der Waals surface area contributed by atoms with Gasteiger partial charge in [-0.2, -0.15) is 0 Å². The molecule has 0 aliphatic heterocycles. The molecule has 0 aliphatic carbocycles. The largest absolute Gasteiger partial charge is 0.255 e. The summed E-state index contributed by atoms with van der Waals surface area (Å²) >= 11 is 0. The molecular weight excluding hydrogens is 314 g/mol. The van der Waals surface area contributed by atoms with Crippen LogP contribution >= 0.6 is 0 Å². The lowest BCUT2D eigenvalue weighted by molar-refractivity contribution is 1.60. The number of aliphatic imine (C=N–C) groups is 1. The molecule has 0 radical (unpaired) electrons. The molecule has 0 saturated carbocycles. The first-order valence-corrected chi connectivity index (χ1v) is 8.82. The van der Waals surface area contributed by atoms with Gasteiger partial charge in [-0.1, -0.05) is 84.9 Å². The second-order valence-electron chi connectivity index (χ2n) is 6.53. The van der Waals surface area contributed by atoms with Crippen LogP contribution in [0.15, 0.2) is 102 Å². The average Bonchev–Trinajstić information content (AvgIpc) is 2.71. The summed E-state index contributed by atoms with van der Waals surface area (Å²) in [5.41, 5.74) is 2.15. The number of hydrogen-bond donors (Lipinski definition) is 0. The fraction of sp³-hybridized carbons (Fsp3) is 0. The molecule has 26 heavy (non-hydrogen) atoms. The fourth-order valence-electron chi connectivity index (χ4n) is 3.56. The molecular formula is C25H17N. The van der Waals surface area contributed by atoms with Crippen LogP contribution in [0.4, 0.5) is 5.69 Å². The highest BCUT2D eigenvalue weighted by atomic mass is 14.7. The Morgan fingerprint density at radius 3 is 1.77 bits per heavy atom. The standard InChI is InChI=1S/C25H17N/c1-2-8-20-15-18(13-14-19(20)7-1)17-26-25-23-11-5-3-9-21(23)16-22-10-4-6-12-24(22)25/h1-17H. The van der Waals surface area contributed by atoms with E-state index in [0.29, 0.717) is 0 Å². The molecule has 1 heteroatoms. The first-order chi connectivity index (χ1) is 12.9. The second-order valence-corrected chi connectivity index (χ2v) is 6.53. The molecule has 0 heterocycles. The van der Waals surface area contributed by atoms with Gasteiger partial charge in [-0.05, 0) is 39.2 Å². The molecule has 0 atom stereocenters. The van der Waals surface area contributed by atoms with Crippen molar-refractivity contribution in [2.75, 3.05) is 0 Å². The maximum atomic E-state index is 4.91. The van der Waals surface area contributed by atoms with E-state index < -0.39 is 0 Å². The minimum absolute atomic E-state index is 1.03. The van der Waals surface area contributed by atoms with Crippen LogP contribution in [0.25, 0.3) is 32.3 Å². The van der Waals surface area contributed by atoms with Crippen molar-refractivity contribution in [2.45, 2.75) is 0 Å². The van der Waals surface area contributed by atoms with Gasteiger partial charge in [0.2, 0.25) is 0 Å². The molecule has 5 rings (SSSR count). The van der Waals surface area contributed by atoms with E-state index in [9.17, 15) is 0 Å². The smallest absolute Gasteiger partial charge is 0.0786 e. The van der Waals surface area contributed by atoms with Crippen LogP contribution in [-0.4, -0.2) is 6.21 Å². The summed E-state index contributed by atoms with van der Waals surface area (Å²) in [6, 6.07) is 34.0. The van der Waals surface area contributed by atoms with Gasteiger partial charge >= 0.3 is 0 Å². The minimum Gasteiger partial charge on any atom is -0.255 e. The van der Waals surface area contributed by atoms with Gasteiger partial charge < -0.3 is 0 Å². The fourth-order valence-corrected chi connectivity index (χ4v) is 3.56. The summed E-state index contributed by atoms with van der Waals surface area (Å²) in [5.74, 6) is 0. The monoisotopic (exact) mass is 331 g/mol. The molecule has 0 amide bonds. The first kappa shape index (κ1) is 14.9. The predicted octanol–water partition coefficient (Wildman–Crippen LogP) is 6.90. The van der Waals surface area contributed by atoms with Crippen LogP contribution in [0, 0.1) is 0 Å². The van der Waals surface area contributed by atoms with Crippen LogP contribution in [0.3, 0.4) is 0 Å². The summed E-state index contributed by atoms with van der Waals surface area (Å²) < 4.78 is 0. The number of rotatable bonds is 2. The number of hydrogen-bond acceptors (Lipinski definition) is 1. The minimum atomic E-state index is 1.03. The van der Waals surface area contributed by atoms with Gasteiger partial charge in [0.25, 0.3) is 0 Å². The Bertz CT molecular complexity index is 1230. The molecule has 0 unspecified atom stereocenters. The van der Waals surface area contributed by atoms with Crippen molar-refractivity contribution in [3.8, 4) is 0 Å². The zero-order valence-electron chi connectivity index (χ0n) is 14.3. The molecule has 1 nitrogen and oxygen atoms in total. The molecule has 122 valence electrons. The van der Waals surface area contributed by atoms with E-state index in [1.807, 2.05) is 6.21 Å². The lowest BCUT2D eigenvalue weighted by Gasteiger charge is -2.07. The van der Waals surface area contributed by atoms with E-state index >= 15 is 0 Å². The van der Waals surface area contributed by atoms with Crippen molar-refractivity contribution in [3.05, 3.63) is 103 Å². The maximum Gasteiger partial charge on any atom is 0.0786 e. The third kappa shape index (κ3) is 2.55. The highest BCUT2D eigenvalue weighted by Gasteiger charge is 2.05. The molecule has 0 bridgehead atoms. The Morgan fingerprint density at radius 1 is 0.500 bits per heavy atom. The quantitative estimate of drug-likeness (QED) is 0.246. The highest BCUT2D eigenvalue weighted by Crippen LogP contribution is 2.34. The summed E-state index contributed by atoms with van der Waals surface area (Å²) in [4.78, 5) is 4.91. The summed E-state index contributed by atoms with van der Waals surface area (Å²) in [6.45, 7) is 0. The Hall–Kier alpha value is -3.45. The second kappa shape index (κ2) is 6.12. The van der Waals surface area contributed by atoms with Gasteiger partial charge in [0.15, 0.2) is 0 Å². The van der Waals surface area contributed by atoms with Gasteiger partial charge in [0.1, 0.15) is 0 Å². The maximum absolute atomic E-state index is 4.91. The molecule has 5 aromatic carbocycles. The van der Waals surface area contributed by atoms with Crippen LogP contribution in [0.1, 0.15) is 5.56 Å². The third-order valence-electron chi connectivity index (χ3n) is 4.86. The summed E-state index contributed by atoms with van der Waals surface area (Å²) in [6.07, 6.45) is 1.97. The van der Waals surface area contributed by atoms with Gasteiger partial charge in [-0.25, -0.2) is 0 Å². The Labute approximate surface area is 152 Å². The highest BCUT2D eigenvalue weighted by molar-refractivity contribution is 6.11. The van der Waals surface area contributed by atoms with E-state index in [0.717, 1.165) is 11.3 Å². The number of benzene rings is 5. The molecule has 0 N–H and O–H groups in total. The molecule has 0 saturated heterocycles. The molecule has 5 aromatic rings. The van der Waals surface area contributed by atoms with Crippen molar-refractivity contribution in [2.24, 2.45) is 4.99 Å². The Morgan fingerprint density at radius 2 is 1.08 bits per heavy atom. The van der Waals surface area contributed by atoms with Crippen LogP contribution in [-0.2, 0) is 0 Å². The first-order valence-electron chi connectivity index (χ1n) is 8.82. The van der Waals surface area contributed by atoms with Gasteiger partial charge in [-0.15, -0.1) is 0 Å². The topological polar surface area (TPSA) is 12.4 Å². The lowest BCUT2D eigenvalue weighted by Crippen LogP contribution is -1.83. The van der Waals surface area contributed by atoms with E-state index in [4.69, 9.17) is 4.99 Å². The van der Waals surface area contributed by atoms with Crippen molar-refractivity contribution < 1.29 is 0 Å². The lowest BCUT2D eigenvalue weighted by atomic mass is 10.0. The SMILES string of the molecule is C(=Nc1c2ccccc2cc2ccccc12)c1ccc2ccccc2c1. The van der Waals surface area contributed by atoms with Crippen molar-refractivity contribution >= 4 is 44.2 Å². The normalized spacial score (nSPS) is 11.7. The Kier molecular flexibility index (Phi) is 3.50. The average molecular weight is 331 g/mol. The van der Waals surface area contributed by atoms with E-state index in [1.165, 1.54) is 32.3 Å². The van der Waals surface area contributed by atoms with E-state index in [1.54, 1.807) is 0 Å². The van der Waals surface area contributed by atoms with Gasteiger partial charge in [0, 0.05) is 17.0 Å². The summed E-state index contributed by atoms with van der Waals surface area (Å²) in [5, 5.41) is 7.29. The zero-order valence-corrected chi connectivity index (χ0v) is 14.3. The van der Waals surface area contributed by atoms with Crippen molar-refractivity contribution in [3.63, 3.8) is 0 Å². The van der Waals surface area contributed by atoms with Crippen LogP contribution in [0.5, 0.6) is 0 Å². The summed E-state index contributed by atoms with van der Waals surface area (Å²) in [7, 11) is 0. The molecule has 0 aromatic heterocycles. The number of fused-ring (bicyclic) bond motifs is 3. The van der Waals surface area contributed by atoms with Gasteiger partial charge in [0.05, 0.1) is 5.69 Å². The van der Waals surface area contributed by atoms with Crippen molar-refractivity contribution in [1.29, 1.82) is 0 Å². The third-order valence-corrected chi connectivity index (χ3v) is 4.86. The van der Waals surface area contributed by atoms with Gasteiger partial charge in [-0.3, -0.25) is 4.99 Å². The van der Waals surface area contributed by atoms with E-state index in [2.05, 4.69) is 97.1 Å². The Balaban J connectivity index is 1.70. The zero-order chi connectivity index (χ0) is 17.3. The molecule has 0 aliphatic rings. The predicted molar refractivity (Wildman–Crippen MR) is 113 cm³/mol. The van der Waals surface area contributed by atoms with Crippen LogP contribution < -0.4 is 0 Å². The number of nitrogens with zero attached hydrogens (tertiary/aromatic N) is 1. The van der Waals surface area contributed by atoms with Crippen LogP contribution in [0.2, 0.25) is 0 Å².